The Bertz CT molecular complexity index is 1490. The molecule has 2 aromatic rings. The summed E-state index contributed by atoms with van der Waals surface area (Å²) in [5, 5.41) is 2.71. The fourth-order valence-electron chi connectivity index (χ4n) is 6.21. The summed E-state index contributed by atoms with van der Waals surface area (Å²) in [4.78, 5) is 25.7. The summed E-state index contributed by atoms with van der Waals surface area (Å²) in [5.41, 5.74) is 1.59. The van der Waals surface area contributed by atoms with Gasteiger partial charge in [-0.1, -0.05) is 106 Å². The van der Waals surface area contributed by atoms with Crippen molar-refractivity contribution in [2.75, 3.05) is 11.9 Å². The molecule has 2 aromatic heterocycles. The third-order valence-corrected chi connectivity index (χ3v) is 20.1. The number of nitrogens with one attached hydrogen (secondary N) is 1. The molecule has 46 heavy (non-hydrogen) atoms. The van der Waals surface area contributed by atoms with Crippen LogP contribution in [0.2, 0.25) is 47.0 Å². The first-order valence-corrected chi connectivity index (χ1v) is 24.1. The van der Waals surface area contributed by atoms with Gasteiger partial charge in [0.1, 0.15) is 25.8 Å². The lowest BCUT2D eigenvalue weighted by Crippen LogP contribution is -2.66. The van der Waals surface area contributed by atoms with Gasteiger partial charge in [0, 0.05) is 5.92 Å². The largest absolute Gasteiger partial charge is 0.414 e. The molecule has 0 radical (unpaired) electrons. The molecule has 4 rings (SSSR count). The van der Waals surface area contributed by atoms with Gasteiger partial charge in [-0.25, -0.2) is 9.37 Å². The number of fused-ring (bicyclic) bond motifs is 2. The minimum atomic E-state index is -3.20. The van der Waals surface area contributed by atoms with E-state index in [1.165, 1.54) is 10.9 Å². The molecule has 0 spiro atoms. The van der Waals surface area contributed by atoms with Crippen LogP contribution in [0.5, 0.6) is 0 Å². The summed E-state index contributed by atoms with van der Waals surface area (Å²) >= 11 is 6.51. The quantitative estimate of drug-likeness (QED) is 0.179. The fraction of sp³-hybridized carbons (Fsp3) is 0.742. The second kappa shape index (κ2) is 13.3. The maximum atomic E-state index is 18.3. The third-order valence-electron chi connectivity index (χ3n) is 8.76. The second-order valence-electron chi connectivity index (χ2n) is 15.1. The van der Waals surface area contributed by atoms with Crippen molar-refractivity contribution in [1.29, 1.82) is 0 Å². The smallest absolute Gasteiger partial charge is 0.335 e. The van der Waals surface area contributed by atoms with Crippen molar-refractivity contribution in [2.24, 2.45) is 5.92 Å². The number of rotatable bonds is 7. The number of nitrogens with zero attached hydrogens (tertiary/aromatic N) is 4. The average Bonchev–Trinajstić information content (AvgIpc) is 3.45. The standard InChI is InChI=1S/C31H51ClFN5O5Si3/c1-18(2)28(39)37-30-35-26(32)24-27(36-30)38(17-34-24)29-31(33,14-15-44(11,12)13)25-23(41-29)16-40-45(19(3)4,20(5)6)43-46(42-25,21(7)8)22(9)10/h17-23,25,29H,16H2,1-13H3,(H,35,36,37,39)/t23-,25?,29-,31-/m1/s1. The number of carbonyl (C=O) groups is 1. The molecule has 2 aliphatic rings. The Morgan fingerprint density at radius 3 is 2.15 bits per heavy atom. The number of carbonyl (C=O) groups excluding carboxylic acids is 1. The van der Waals surface area contributed by atoms with Crippen LogP contribution in [-0.2, 0) is 22.5 Å². The molecular weight excluding hydrogens is 661 g/mol. The van der Waals surface area contributed by atoms with Crippen LogP contribution in [0.25, 0.3) is 11.2 Å². The number of hydrogen-bond acceptors (Lipinski definition) is 8. The van der Waals surface area contributed by atoms with E-state index in [4.69, 9.17) is 29.3 Å². The van der Waals surface area contributed by atoms with Gasteiger partial charge in [0.2, 0.25) is 17.5 Å². The van der Waals surface area contributed by atoms with Crippen molar-refractivity contribution < 1.29 is 26.9 Å². The summed E-state index contributed by atoms with van der Waals surface area (Å²) in [6.45, 7) is 26.7. The topological polar surface area (TPSA) is 110 Å². The molecule has 2 aliphatic heterocycles. The third kappa shape index (κ3) is 6.76. The highest BCUT2D eigenvalue weighted by Gasteiger charge is 2.66. The first-order valence-electron chi connectivity index (χ1n) is 16.3. The second-order valence-corrected chi connectivity index (χ2v) is 29.1. The molecule has 0 aromatic carbocycles. The zero-order valence-electron chi connectivity index (χ0n) is 29.5. The molecular formula is C31H51ClFN5O5Si3. The first kappa shape index (κ1) is 37.1. The Hall–Kier alpha value is -1.71. The van der Waals surface area contributed by atoms with Crippen molar-refractivity contribution in [3.63, 3.8) is 0 Å². The lowest BCUT2D eigenvalue weighted by molar-refractivity contribution is -0.118. The van der Waals surface area contributed by atoms with E-state index in [0.29, 0.717) is 0 Å². The van der Waals surface area contributed by atoms with E-state index >= 15 is 4.39 Å². The lowest BCUT2D eigenvalue weighted by Gasteiger charge is -2.51. The van der Waals surface area contributed by atoms with Crippen LogP contribution in [0, 0.1) is 17.4 Å². The van der Waals surface area contributed by atoms with E-state index in [2.05, 4.69) is 107 Å². The van der Waals surface area contributed by atoms with Gasteiger partial charge in [-0.2, -0.15) is 9.97 Å². The summed E-state index contributed by atoms with van der Waals surface area (Å²) in [7, 11) is -8.18. The SMILES string of the molecule is CC(C)C(=O)Nc1nc(Cl)c2ncn([C@@H]3O[C@@H]4CO[Si](C(C)C)(C(C)C)O[Si](C(C)C)(C(C)C)OC4[C@]3(F)C#C[Si](C)(C)C)c2n1. The van der Waals surface area contributed by atoms with Gasteiger partial charge < -0.3 is 17.7 Å². The molecule has 1 unspecified atom stereocenters. The van der Waals surface area contributed by atoms with Crippen LogP contribution in [0.15, 0.2) is 6.33 Å². The number of alkyl halides is 1. The molecule has 2 saturated heterocycles. The van der Waals surface area contributed by atoms with Crippen molar-refractivity contribution >= 4 is 59.8 Å². The average molecular weight is 712 g/mol. The number of anilines is 1. The highest BCUT2D eigenvalue weighted by atomic mass is 35.5. The molecule has 4 heterocycles. The minimum absolute atomic E-state index is 0.0109. The first-order chi connectivity index (χ1) is 21.2. The zero-order chi connectivity index (χ0) is 34.6. The Balaban J connectivity index is 1.95. The number of imidazole rings is 1. The molecule has 2 fully saturated rings. The molecule has 0 bridgehead atoms. The van der Waals surface area contributed by atoms with E-state index in [-0.39, 0.29) is 62.9 Å². The Labute approximate surface area is 281 Å². The van der Waals surface area contributed by atoms with E-state index < -0.39 is 49.3 Å². The molecule has 1 N–H and O–H groups in total. The summed E-state index contributed by atoms with van der Waals surface area (Å²) < 4.78 is 47.8. The molecule has 4 atom stereocenters. The normalized spacial score (nSPS) is 26.4. The molecule has 0 saturated carbocycles. The van der Waals surface area contributed by atoms with Crippen molar-refractivity contribution in [2.45, 2.75) is 135 Å². The zero-order valence-corrected chi connectivity index (χ0v) is 33.2. The van der Waals surface area contributed by atoms with Gasteiger partial charge in [-0.05, 0) is 22.2 Å². The molecule has 15 heteroatoms. The number of aromatic nitrogens is 4. The van der Waals surface area contributed by atoms with Crippen LogP contribution in [0.4, 0.5) is 10.3 Å². The predicted molar refractivity (Wildman–Crippen MR) is 186 cm³/mol. The number of ether oxygens (including phenoxy) is 1. The Morgan fingerprint density at radius 2 is 1.63 bits per heavy atom. The van der Waals surface area contributed by atoms with E-state index in [0.717, 1.165) is 0 Å². The van der Waals surface area contributed by atoms with Crippen LogP contribution >= 0.6 is 11.6 Å². The van der Waals surface area contributed by atoms with Gasteiger partial charge in [-0.15, -0.1) is 5.54 Å². The number of amides is 1. The molecule has 10 nitrogen and oxygen atoms in total. The van der Waals surface area contributed by atoms with Crippen LogP contribution in [0.3, 0.4) is 0 Å². The molecule has 0 aliphatic carbocycles. The Morgan fingerprint density at radius 1 is 1.04 bits per heavy atom. The van der Waals surface area contributed by atoms with Crippen LogP contribution < -0.4 is 5.32 Å². The predicted octanol–water partition coefficient (Wildman–Crippen LogP) is 7.52. The molecule has 256 valence electrons. The van der Waals surface area contributed by atoms with Gasteiger partial charge in [0.25, 0.3) is 0 Å². The maximum Gasteiger partial charge on any atom is 0.335 e. The minimum Gasteiger partial charge on any atom is -0.414 e. The summed E-state index contributed by atoms with van der Waals surface area (Å²) in [6.07, 6.45) is -1.78. The van der Waals surface area contributed by atoms with Crippen molar-refractivity contribution in [3.8, 4) is 11.5 Å². The van der Waals surface area contributed by atoms with Crippen LogP contribution in [-0.4, -0.2) is 75.1 Å². The van der Waals surface area contributed by atoms with Gasteiger partial charge >= 0.3 is 17.1 Å². The molecule has 1 amide bonds. The van der Waals surface area contributed by atoms with Gasteiger partial charge in [-0.3, -0.25) is 14.7 Å². The number of halogens is 2. The highest BCUT2D eigenvalue weighted by Crippen LogP contribution is 2.52. The van der Waals surface area contributed by atoms with E-state index in [1.54, 1.807) is 13.8 Å². The van der Waals surface area contributed by atoms with E-state index in [1.807, 2.05) is 0 Å². The maximum absolute atomic E-state index is 18.3. The van der Waals surface area contributed by atoms with Gasteiger partial charge in [0.05, 0.1) is 12.9 Å². The highest BCUT2D eigenvalue weighted by molar-refractivity contribution is 6.84. The Kier molecular flexibility index (Phi) is 10.7. The fourth-order valence-corrected chi connectivity index (χ4v) is 18.2. The number of hydrogen-bond donors (Lipinski definition) is 1. The van der Waals surface area contributed by atoms with Crippen molar-refractivity contribution in [1.82, 2.24) is 19.5 Å². The summed E-state index contributed by atoms with van der Waals surface area (Å²) in [6, 6.07) is 0. The lowest BCUT2D eigenvalue weighted by atomic mass is 9.97. The van der Waals surface area contributed by atoms with Crippen molar-refractivity contribution in [3.05, 3.63) is 11.5 Å². The monoisotopic (exact) mass is 711 g/mol. The van der Waals surface area contributed by atoms with E-state index in [9.17, 15) is 4.79 Å². The summed E-state index contributed by atoms with van der Waals surface area (Å²) in [5.74, 6) is 2.42. The van der Waals surface area contributed by atoms with Crippen LogP contribution in [0.1, 0.15) is 75.5 Å². The van der Waals surface area contributed by atoms with Gasteiger partial charge in [0.15, 0.2) is 17.0 Å².